The van der Waals surface area contributed by atoms with Gasteiger partial charge in [0.2, 0.25) is 5.88 Å². The van der Waals surface area contributed by atoms with Gasteiger partial charge in [0.1, 0.15) is 6.61 Å². The van der Waals surface area contributed by atoms with E-state index in [2.05, 4.69) is 5.10 Å². The van der Waals surface area contributed by atoms with Gasteiger partial charge in [-0.1, -0.05) is 17.2 Å². The zero-order chi connectivity index (χ0) is 13.1. The molecule has 6 nitrogen and oxygen atoms in total. The van der Waals surface area contributed by atoms with Gasteiger partial charge in [0.25, 0.3) is 0 Å². The van der Waals surface area contributed by atoms with E-state index in [1.165, 1.54) is 18.3 Å². The normalized spacial score (nSPS) is 10.3. The second-order valence-corrected chi connectivity index (χ2v) is 3.77. The largest absolute Gasteiger partial charge is 0.478 e. The highest BCUT2D eigenvalue weighted by molar-refractivity contribution is 5.89. The van der Waals surface area contributed by atoms with E-state index >= 15 is 0 Å². The summed E-state index contributed by atoms with van der Waals surface area (Å²) in [5.74, 6) is -0.762. The third kappa shape index (κ3) is 2.42. The van der Waals surface area contributed by atoms with Crippen LogP contribution in [-0.2, 0) is 6.61 Å². The molecule has 6 heteroatoms. The number of aromatic nitrogens is 2. The van der Waals surface area contributed by atoms with Gasteiger partial charge in [-0.3, -0.25) is 0 Å². The third-order valence-electron chi connectivity index (χ3n) is 2.56. The molecule has 0 atom stereocenters. The van der Waals surface area contributed by atoms with E-state index in [0.717, 1.165) is 5.56 Å². The highest BCUT2D eigenvalue weighted by Crippen LogP contribution is 2.17. The molecule has 1 heterocycles. The van der Waals surface area contributed by atoms with Crippen LogP contribution in [-0.4, -0.2) is 26.2 Å². The van der Waals surface area contributed by atoms with E-state index in [4.69, 9.17) is 15.1 Å². The first kappa shape index (κ1) is 12.0. The quantitative estimate of drug-likeness (QED) is 0.804. The van der Waals surface area contributed by atoms with E-state index in [9.17, 15) is 4.79 Å². The lowest BCUT2D eigenvalue weighted by Crippen LogP contribution is -2.07. The van der Waals surface area contributed by atoms with Gasteiger partial charge in [-0.05, 0) is 18.6 Å². The van der Waals surface area contributed by atoms with Crippen LogP contribution in [0.2, 0.25) is 0 Å². The Morgan fingerprint density at radius 3 is 2.83 bits per heavy atom. The predicted octanol–water partition coefficient (Wildman–Crippen LogP) is 1.71. The lowest BCUT2D eigenvalue weighted by molar-refractivity contribution is 0.0693. The van der Waals surface area contributed by atoms with Crippen molar-refractivity contribution in [3.8, 4) is 5.88 Å². The van der Waals surface area contributed by atoms with Crippen LogP contribution in [0, 0.1) is 6.92 Å². The monoisotopic (exact) mass is 248 g/mol. The first-order chi connectivity index (χ1) is 8.58. The fourth-order valence-electron chi connectivity index (χ4n) is 1.62. The number of aromatic carboxylic acids is 1. The number of aryl methyl sites for hydroxylation is 1. The van der Waals surface area contributed by atoms with Crippen LogP contribution in [0.15, 0.2) is 30.5 Å². The van der Waals surface area contributed by atoms with Crippen molar-refractivity contribution >= 4 is 5.97 Å². The Morgan fingerprint density at radius 2 is 2.22 bits per heavy atom. The minimum absolute atomic E-state index is 0.0886. The molecule has 94 valence electrons. The molecule has 2 N–H and O–H groups in total. The second kappa shape index (κ2) is 4.79. The molecule has 0 saturated carbocycles. The summed E-state index contributed by atoms with van der Waals surface area (Å²) in [7, 11) is 0. The standard InChI is InChI=1S/C12H12N2O4/c1-8-3-2-4-9(12(15)16)10(8)7-18-11-5-6-14(17)13-11/h2-6,17H,7H2,1H3,(H,15,16). The Labute approximate surface area is 103 Å². The maximum absolute atomic E-state index is 11.1. The third-order valence-corrected chi connectivity index (χ3v) is 2.56. The molecule has 2 rings (SSSR count). The van der Waals surface area contributed by atoms with Crippen molar-refractivity contribution in [3.63, 3.8) is 0 Å². The molecule has 0 aliphatic heterocycles. The maximum atomic E-state index is 11.1. The summed E-state index contributed by atoms with van der Waals surface area (Å²) in [5, 5.41) is 21.7. The summed E-state index contributed by atoms with van der Waals surface area (Å²) in [6.45, 7) is 1.90. The maximum Gasteiger partial charge on any atom is 0.336 e. The van der Waals surface area contributed by atoms with E-state index in [1.54, 1.807) is 6.07 Å². The average Bonchev–Trinajstić information content (AvgIpc) is 2.73. The first-order valence-electron chi connectivity index (χ1n) is 5.27. The highest BCUT2D eigenvalue weighted by atomic mass is 16.5. The van der Waals surface area contributed by atoms with Gasteiger partial charge >= 0.3 is 5.97 Å². The number of hydrogen-bond donors (Lipinski definition) is 2. The minimum Gasteiger partial charge on any atom is -0.478 e. The molecule has 0 unspecified atom stereocenters. The van der Waals surface area contributed by atoms with Gasteiger partial charge in [0, 0.05) is 11.6 Å². The zero-order valence-electron chi connectivity index (χ0n) is 9.70. The number of nitrogens with zero attached hydrogens (tertiary/aromatic N) is 2. The van der Waals surface area contributed by atoms with Crippen molar-refractivity contribution in [2.75, 3.05) is 0 Å². The van der Waals surface area contributed by atoms with Crippen LogP contribution < -0.4 is 4.74 Å². The summed E-state index contributed by atoms with van der Waals surface area (Å²) >= 11 is 0. The van der Waals surface area contributed by atoms with E-state index < -0.39 is 5.97 Å². The summed E-state index contributed by atoms with van der Waals surface area (Å²) in [5.41, 5.74) is 1.63. The summed E-state index contributed by atoms with van der Waals surface area (Å²) in [6, 6.07) is 6.51. The Morgan fingerprint density at radius 1 is 1.44 bits per heavy atom. The Hall–Kier alpha value is -2.50. The van der Waals surface area contributed by atoms with Crippen molar-refractivity contribution in [2.24, 2.45) is 0 Å². The number of rotatable bonds is 4. The number of benzene rings is 1. The van der Waals surface area contributed by atoms with Gasteiger partial charge in [0.15, 0.2) is 0 Å². The van der Waals surface area contributed by atoms with Crippen molar-refractivity contribution in [1.29, 1.82) is 0 Å². The average molecular weight is 248 g/mol. The van der Waals surface area contributed by atoms with Gasteiger partial charge in [-0.15, -0.1) is 4.85 Å². The molecule has 0 bridgehead atoms. The SMILES string of the molecule is Cc1cccc(C(=O)O)c1COc1ccn(O)n1. The fraction of sp³-hybridized carbons (Fsp3) is 0.167. The highest BCUT2D eigenvalue weighted by Gasteiger charge is 2.12. The smallest absolute Gasteiger partial charge is 0.336 e. The molecule has 2 aromatic rings. The molecular formula is C12H12N2O4. The summed E-state index contributed by atoms with van der Waals surface area (Å²) in [6.07, 6.45) is 1.32. The molecule has 0 amide bonds. The lowest BCUT2D eigenvalue weighted by atomic mass is 10.0. The Bertz CT molecular complexity index is 577. The molecule has 1 aromatic heterocycles. The minimum atomic E-state index is -0.995. The predicted molar refractivity (Wildman–Crippen MR) is 61.9 cm³/mol. The van der Waals surface area contributed by atoms with Crippen molar-refractivity contribution in [1.82, 2.24) is 9.94 Å². The lowest BCUT2D eigenvalue weighted by Gasteiger charge is -2.09. The molecule has 0 fully saturated rings. The van der Waals surface area contributed by atoms with Crippen LogP contribution in [0.25, 0.3) is 0 Å². The van der Waals surface area contributed by atoms with Crippen molar-refractivity contribution < 1.29 is 19.8 Å². The number of carboxylic acids is 1. The summed E-state index contributed by atoms with van der Waals surface area (Å²) in [4.78, 5) is 11.7. The fourth-order valence-corrected chi connectivity index (χ4v) is 1.62. The summed E-state index contributed by atoms with van der Waals surface area (Å²) < 4.78 is 5.33. The van der Waals surface area contributed by atoms with Crippen LogP contribution >= 0.6 is 0 Å². The number of carbonyl (C=O) groups is 1. The topological polar surface area (TPSA) is 84.6 Å². The van der Waals surface area contributed by atoms with Gasteiger partial charge in [-0.2, -0.15) is 0 Å². The second-order valence-electron chi connectivity index (χ2n) is 3.77. The zero-order valence-corrected chi connectivity index (χ0v) is 9.70. The van der Waals surface area contributed by atoms with Crippen LogP contribution in [0.3, 0.4) is 0 Å². The molecule has 0 saturated heterocycles. The first-order valence-corrected chi connectivity index (χ1v) is 5.27. The van der Waals surface area contributed by atoms with Gasteiger partial charge in [-0.25, -0.2) is 4.79 Å². The van der Waals surface area contributed by atoms with Crippen molar-refractivity contribution in [2.45, 2.75) is 13.5 Å². The van der Waals surface area contributed by atoms with Crippen molar-refractivity contribution in [3.05, 3.63) is 47.2 Å². The van der Waals surface area contributed by atoms with Crippen LogP contribution in [0.1, 0.15) is 21.5 Å². The molecule has 0 aliphatic rings. The van der Waals surface area contributed by atoms with Crippen LogP contribution in [0.5, 0.6) is 5.88 Å². The number of hydrogen-bond acceptors (Lipinski definition) is 4. The van der Waals surface area contributed by atoms with Crippen LogP contribution in [0.4, 0.5) is 0 Å². The Balaban J connectivity index is 2.20. The van der Waals surface area contributed by atoms with E-state index in [0.29, 0.717) is 10.4 Å². The molecule has 18 heavy (non-hydrogen) atoms. The van der Waals surface area contributed by atoms with Gasteiger partial charge in [0.05, 0.1) is 11.8 Å². The Kier molecular flexibility index (Phi) is 3.18. The molecular weight excluding hydrogens is 236 g/mol. The molecule has 0 radical (unpaired) electrons. The number of carboxylic acid groups (broad SMARTS) is 1. The van der Waals surface area contributed by atoms with E-state index in [-0.39, 0.29) is 18.1 Å². The molecule has 0 aliphatic carbocycles. The number of ether oxygens (including phenoxy) is 1. The van der Waals surface area contributed by atoms with E-state index in [1.807, 2.05) is 13.0 Å². The van der Waals surface area contributed by atoms with Gasteiger partial charge < -0.3 is 15.1 Å². The molecule has 0 spiro atoms. The molecule has 1 aromatic carbocycles.